The van der Waals surface area contributed by atoms with Gasteiger partial charge in [-0.05, 0) is 63.9 Å². The summed E-state index contributed by atoms with van der Waals surface area (Å²) in [6, 6.07) is 12.9. The summed E-state index contributed by atoms with van der Waals surface area (Å²) in [7, 11) is -3.58. The minimum absolute atomic E-state index is 0.170. The first kappa shape index (κ1) is 21.7. The summed E-state index contributed by atoms with van der Waals surface area (Å²) in [5.41, 5.74) is 3.32. The van der Waals surface area contributed by atoms with Crippen LogP contribution < -0.4 is 5.32 Å². The fourth-order valence-corrected chi connectivity index (χ4v) is 6.89. The van der Waals surface area contributed by atoms with Gasteiger partial charge in [-0.3, -0.25) is 4.79 Å². The second-order valence-electron chi connectivity index (χ2n) is 7.91. The maximum Gasteiger partial charge on any atom is 0.252 e. The monoisotopic (exact) mass is 458 g/mol. The van der Waals surface area contributed by atoms with Crippen LogP contribution in [0.15, 0.2) is 46.7 Å². The van der Waals surface area contributed by atoms with Gasteiger partial charge in [-0.15, -0.1) is 11.3 Å². The van der Waals surface area contributed by atoms with Crippen LogP contribution in [0.3, 0.4) is 0 Å². The molecule has 1 fully saturated rings. The van der Waals surface area contributed by atoms with Crippen molar-refractivity contribution in [1.29, 1.82) is 0 Å². The second kappa shape index (κ2) is 8.57. The van der Waals surface area contributed by atoms with Gasteiger partial charge in [-0.25, -0.2) is 13.1 Å². The van der Waals surface area contributed by atoms with E-state index in [1.54, 1.807) is 6.07 Å². The first-order valence-electron chi connectivity index (χ1n) is 10.3. The minimum Gasteiger partial charge on any atom is -0.324 e. The normalized spacial score (nSPS) is 17.6. The summed E-state index contributed by atoms with van der Waals surface area (Å²) in [5.74, 6) is -0.575. The smallest absolute Gasteiger partial charge is 0.252 e. The van der Waals surface area contributed by atoms with Crippen molar-refractivity contribution in [2.24, 2.45) is 5.92 Å². The Morgan fingerprint density at radius 1 is 1.16 bits per heavy atom. The second-order valence-corrected chi connectivity index (χ2v) is 11.4. The molecule has 1 amide bonds. The lowest BCUT2D eigenvalue weighted by Crippen LogP contribution is -2.43. The third-order valence-corrected chi connectivity index (χ3v) is 8.80. The van der Waals surface area contributed by atoms with Crippen molar-refractivity contribution in [2.75, 3.05) is 18.4 Å². The predicted octanol–water partition coefficient (Wildman–Crippen LogP) is 3.90. The topological polar surface area (TPSA) is 84.3 Å². The molecule has 31 heavy (non-hydrogen) atoms. The van der Waals surface area contributed by atoms with Crippen LogP contribution in [0.5, 0.6) is 0 Å². The van der Waals surface area contributed by atoms with Crippen LogP contribution in [0.1, 0.15) is 29.1 Å². The molecule has 3 heterocycles. The Morgan fingerprint density at radius 2 is 1.94 bits per heavy atom. The number of hydrogen-bond donors (Lipinski definition) is 1. The molecule has 7 nitrogen and oxygen atoms in total. The van der Waals surface area contributed by atoms with E-state index in [0.29, 0.717) is 29.3 Å². The SMILES string of the molecule is Cc1cc(C)n(-c2ccccc2NC(=O)C2CCCN(S(=O)(=O)c3ccc(C)s3)C2)n1. The number of rotatable bonds is 5. The van der Waals surface area contributed by atoms with E-state index in [1.165, 1.54) is 15.6 Å². The maximum absolute atomic E-state index is 13.1. The van der Waals surface area contributed by atoms with E-state index in [-0.39, 0.29) is 12.5 Å². The van der Waals surface area contributed by atoms with Gasteiger partial charge in [0, 0.05) is 23.7 Å². The molecule has 164 valence electrons. The summed E-state index contributed by atoms with van der Waals surface area (Å²) in [4.78, 5) is 14.0. The molecule has 1 saturated heterocycles. The Kier molecular flexibility index (Phi) is 6.00. The Labute approximate surface area is 186 Å². The van der Waals surface area contributed by atoms with Gasteiger partial charge < -0.3 is 5.32 Å². The molecule has 1 aliphatic heterocycles. The van der Waals surface area contributed by atoms with Crippen molar-refractivity contribution in [3.8, 4) is 5.69 Å². The number of amides is 1. The van der Waals surface area contributed by atoms with Gasteiger partial charge in [-0.2, -0.15) is 9.40 Å². The predicted molar refractivity (Wildman–Crippen MR) is 122 cm³/mol. The summed E-state index contributed by atoms with van der Waals surface area (Å²) in [6.07, 6.45) is 1.31. The molecule has 1 N–H and O–H groups in total. The maximum atomic E-state index is 13.1. The largest absolute Gasteiger partial charge is 0.324 e. The average molecular weight is 459 g/mol. The molecule has 0 radical (unpaired) electrons. The highest BCUT2D eigenvalue weighted by molar-refractivity contribution is 7.91. The zero-order valence-corrected chi connectivity index (χ0v) is 19.5. The van der Waals surface area contributed by atoms with Crippen LogP contribution >= 0.6 is 11.3 Å². The van der Waals surface area contributed by atoms with Gasteiger partial charge in [0.2, 0.25) is 5.91 Å². The van der Waals surface area contributed by atoms with Crippen molar-refractivity contribution >= 4 is 33.0 Å². The van der Waals surface area contributed by atoms with Crippen molar-refractivity contribution in [1.82, 2.24) is 14.1 Å². The molecule has 0 aliphatic carbocycles. The molecular formula is C22H26N4O3S2. The number of nitrogens with one attached hydrogen (secondary N) is 1. The fourth-order valence-electron chi connectivity index (χ4n) is 3.92. The van der Waals surface area contributed by atoms with Gasteiger partial charge in [-0.1, -0.05) is 12.1 Å². The number of hydrogen-bond acceptors (Lipinski definition) is 5. The molecule has 3 aromatic rings. The highest BCUT2D eigenvalue weighted by Crippen LogP contribution is 2.29. The van der Waals surface area contributed by atoms with Crippen molar-refractivity contribution in [3.05, 3.63) is 58.7 Å². The molecule has 1 aromatic carbocycles. The number of nitrogens with zero attached hydrogens (tertiary/aromatic N) is 3. The van der Waals surface area contributed by atoms with Crippen LogP contribution in [0.25, 0.3) is 5.69 Å². The number of thiophene rings is 1. The molecule has 2 aromatic heterocycles. The Balaban J connectivity index is 1.53. The number of carbonyl (C=O) groups excluding carboxylic acids is 1. The van der Waals surface area contributed by atoms with Gasteiger partial charge in [0.1, 0.15) is 4.21 Å². The van der Waals surface area contributed by atoms with E-state index in [2.05, 4.69) is 10.4 Å². The van der Waals surface area contributed by atoms with Gasteiger partial charge in [0.05, 0.1) is 23.0 Å². The molecule has 1 atom stereocenters. The number of carbonyl (C=O) groups is 1. The number of aromatic nitrogens is 2. The summed E-state index contributed by atoms with van der Waals surface area (Å²) >= 11 is 1.26. The molecular weight excluding hydrogens is 432 g/mol. The van der Waals surface area contributed by atoms with Crippen molar-refractivity contribution < 1.29 is 13.2 Å². The lowest BCUT2D eigenvalue weighted by molar-refractivity contribution is -0.120. The van der Waals surface area contributed by atoms with Crippen molar-refractivity contribution in [3.63, 3.8) is 0 Å². The third-order valence-electron chi connectivity index (χ3n) is 5.46. The van der Waals surface area contributed by atoms with Gasteiger partial charge in [0.25, 0.3) is 10.0 Å². The van der Waals surface area contributed by atoms with E-state index in [0.717, 1.165) is 22.0 Å². The summed E-state index contributed by atoms with van der Waals surface area (Å²) in [6.45, 7) is 6.40. The summed E-state index contributed by atoms with van der Waals surface area (Å²) < 4.78 is 29.6. The standard InChI is InChI=1S/C22H26N4O3S2/c1-15-13-16(2)26(24-15)20-9-5-4-8-19(20)23-22(27)18-7-6-12-25(14-18)31(28,29)21-11-10-17(3)30-21/h4-5,8-11,13,18H,6-7,12,14H2,1-3H3,(H,23,27). The van der Waals surface area contributed by atoms with Crippen LogP contribution in [-0.2, 0) is 14.8 Å². The molecule has 1 aliphatic rings. The molecule has 1 unspecified atom stereocenters. The number of aryl methyl sites for hydroxylation is 3. The van der Waals surface area contributed by atoms with Crippen LogP contribution in [0.4, 0.5) is 5.69 Å². The Bertz CT molecular complexity index is 1210. The number of piperidine rings is 1. The number of sulfonamides is 1. The number of anilines is 1. The molecule has 0 saturated carbocycles. The highest BCUT2D eigenvalue weighted by Gasteiger charge is 2.34. The van der Waals surface area contributed by atoms with E-state index in [9.17, 15) is 13.2 Å². The third kappa shape index (κ3) is 4.44. The van der Waals surface area contributed by atoms with Crippen molar-refractivity contribution in [2.45, 2.75) is 37.8 Å². The van der Waals surface area contributed by atoms with Gasteiger partial charge >= 0.3 is 0 Å². The van der Waals surface area contributed by atoms with E-state index in [1.807, 2.05) is 61.9 Å². The zero-order valence-electron chi connectivity index (χ0n) is 17.8. The minimum atomic E-state index is -3.58. The Morgan fingerprint density at radius 3 is 2.61 bits per heavy atom. The summed E-state index contributed by atoms with van der Waals surface area (Å²) in [5, 5.41) is 7.53. The lowest BCUT2D eigenvalue weighted by Gasteiger charge is -2.31. The Hall–Kier alpha value is -2.49. The van der Waals surface area contributed by atoms with Crippen LogP contribution in [0, 0.1) is 26.7 Å². The van der Waals surface area contributed by atoms with Gasteiger partial charge in [0.15, 0.2) is 0 Å². The van der Waals surface area contributed by atoms with Crippen LogP contribution in [-0.4, -0.2) is 41.5 Å². The van der Waals surface area contributed by atoms with E-state index < -0.39 is 15.9 Å². The lowest BCUT2D eigenvalue weighted by atomic mass is 9.98. The highest BCUT2D eigenvalue weighted by atomic mass is 32.2. The first-order chi connectivity index (χ1) is 14.8. The first-order valence-corrected chi connectivity index (χ1v) is 12.5. The average Bonchev–Trinajstić information content (AvgIpc) is 3.33. The molecule has 9 heteroatoms. The van der Waals surface area contributed by atoms with Crippen LogP contribution in [0.2, 0.25) is 0 Å². The fraction of sp³-hybridized carbons (Fsp3) is 0.364. The molecule has 4 rings (SSSR count). The molecule has 0 bridgehead atoms. The van der Waals surface area contributed by atoms with E-state index in [4.69, 9.17) is 0 Å². The van der Waals surface area contributed by atoms with E-state index >= 15 is 0 Å². The quantitative estimate of drug-likeness (QED) is 0.628. The molecule has 0 spiro atoms. The number of benzene rings is 1. The number of para-hydroxylation sites is 2. The zero-order chi connectivity index (χ0) is 22.2.